The molecule has 1 heterocycles. The number of methoxy groups -OCH3 is 1. The zero-order valence-corrected chi connectivity index (χ0v) is 10.5. The molecule has 0 saturated carbocycles. The van der Waals surface area contributed by atoms with E-state index in [1.807, 2.05) is 7.05 Å². The van der Waals surface area contributed by atoms with Crippen LogP contribution in [0.1, 0.15) is 19.4 Å². The molecule has 0 aliphatic heterocycles. The Kier molecular flexibility index (Phi) is 3.50. The summed E-state index contributed by atoms with van der Waals surface area (Å²) in [6.07, 6.45) is 3.50. The van der Waals surface area contributed by atoms with E-state index in [4.69, 9.17) is 4.74 Å². The lowest BCUT2D eigenvalue weighted by Gasteiger charge is -2.27. The van der Waals surface area contributed by atoms with Gasteiger partial charge in [-0.3, -0.25) is 4.98 Å². The van der Waals surface area contributed by atoms with Crippen molar-refractivity contribution in [3.8, 4) is 5.75 Å². The minimum Gasteiger partial charge on any atom is -0.495 e. The Labute approximate surface area is 93.0 Å². The summed E-state index contributed by atoms with van der Waals surface area (Å²) in [5, 5.41) is 3.24. The van der Waals surface area contributed by atoms with Crippen molar-refractivity contribution in [2.24, 2.45) is 0 Å². The molecule has 3 nitrogen and oxygen atoms in total. The molecule has 0 saturated heterocycles. The van der Waals surface area contributed by atoms with Gasteiger partial charge in [0.05, 0.1) is 13.3 Å². The highest BCUT2D eigenvalue weighted by molar-refractivity contribution is 9.10. The van der Waals surface area contributed by atoms with Crippen molar-refractivity contribution in [3.05, 3.63) is 22.4 Å². The summed E-state index contributed by atoms with van der Waals surface area (Å²) in [4.78, 5) is 4.06. The maximum absolute atomic E-state index is 5.28. The lowest BCUT2D eigenvalue weighted by atomic mass is 9.95. The molecular formula is C10H15BrN2O. The van der Waals surface area contributed by atoms with Gasteiger partial charge in [0.25, 0.3) is 0 Å². The third-order valence-corrected chi connectivity index (χ3v) is 2.94. The average Bonchev–Trinajstić information content (AvgIpc) is 2.17. The molecule has 1 aromatic rings. The molecule has 1 aromatic heterocycles. The Morgan fingerprint density at radius 2 is 2.07 bits per heavy atom. The highest BCUT2D eigenvalue weighted by Gasteiger charge is 2.25. The Morgan fingerprint density at radius 1 is 1.43 bits per heavy atom. The summed E-state index contributed by atoms with van der Waals surface area (Å²) >= 11 is 3.48. The van der Waals surface area contributed by atoms with Crippen molar-refractivity contribution < 1.29 is 4.74 Å². The summed E-state index contributed by atoms with van der Waals surface area (Å²) < 4.78 is 6.24. The number of hydrogen-bond donors (Lipinski definition) is 1. The number of halogens is 1. The van der Waals surface area contributed by atoms with Crippen LogP contribution in [0.3, 0.4) is 0 Å². The molecule has 0 radical (unpaired) electrons. The van der Waals surface area contributed by atoms with Crippen molar-refractivity contribution in [1.29, 1.82) is 0 Å². The van der Waals surface area contributed by atoms with Crippen LogP contribution in [0.25, 0.3) is 0 Å². The molecule has 1 N–H and O–H groups in total. The van der Waals surface area contributed by atoms with Crippen molar-refractivity contribution in [2.45, 2.75) is 19.4 Å². The minimum absolute atomic E-state index is 0.146. The summed E-state index contributed by atoms with van der Waals surface area (Å²) in [5.41, 5.74) is 0.935. The predicted octanol–water partition coefficient (Wildman–Crippen LogP) is 2.31. The van der Waals surface area contributed by atoms with E-state index in [0.29, 0.717) is 0 Å². The number of aromatic nitrogens is 1. The Morgan fingerprint density at radius 3 is 2.57 bits per heavy atom. The number of rotatable bonds is 3. The Hall–Kier alpha value is -0.610. The van der Waals surface area contributed by atoms with Gasteiger partial charge in [-0.1, -0.05) is 0 Å². The van der Waals surface area contributed by atoms with E-state index < -0.39 is 0 Å². The molecule has 0 aliphatic rings. The smallest absolute Gasteiger partial charge is 0.143 e. The van der Waals surface area contributed by atoms with Gasteiger partial charge in [0.15, 0.2) is 0 Å². The van der Waals surface area contributed by atoms with Gasteiger partial charge in [0.2, 0.25) is 0 Å². The van der Waals surface area contributed by atoms with E-state index in [2.05, 4.69) is 40.1 Å². The average molecular weight is 259 g/mol. The van der Waals surface area contributed by atoms with E-state index >= 15 is 0 Å². The fraction of sp³-hybridized carbons (Fsp3) is 0.500. The van der Waals surface area contributed by atoms with Gasteiger partial charge in [-0.05, 0) is 36.8 Å². The topological polar surface area (TPSA) is 34.2 Å². The quantitative estimate of drug-likeness (QED) is 0.904. The van der Waals surface area contributed by atoms with Gasteiger partial charge in [0.1, 0.15) is 5.75 Å². The Balaban J connectivity index is 3.30. The third-order valence-electron chi connectivity index (χ3n) is 2.33. The van der Waals surface area contributed by atoms with Crippen LogP contribution in [-0.4, -0.2) is 19.1 Å². The number of nitrogens with zero attached hydrogens (tertiary/aromatic N) is 1. The summed E-state index contributed by atoms with van der Waals surface area (Å²) in [7, 11) is 3.57. The highest BCUT2D eigenvalue weighted by Crippen LogP contribution is 2.34. The van der Waals surface area contributed by atoms with Gasteiger partial charge in [-0.25, -0.2) is 0 Å². The van der Waals surface area contributed by atoms with Gasteiger partial charge < -0.3 is 10.1 Å². The maximum Gasteiger partial charge on any atom is 0.143 e. The Bertz CT molecular complexity index is 326. The predicted molar refractivity (Wildman–Crippen MR) is 60.6 cm³/mol. The van der Waals surface area contributed by atoms with Crippen LogP contribution in [0.2, 0.25) is 0 Å². The first-order valence-electron chi connectivity index (χ1n) is 4.40. The molecule has 0 fully saturated rings. The fourth-order valence-electron chi connectivity index (χ4n) is 1.30. The van der Waals surface area contributed by atoms with Gasteiger partial charge in [-0.2, -0.15) is 0 Å². The third kappa shape index (κ3) is 2.07. The standard InChI is InChI=1S/C10H15BrN2O/c1-10(2,12-3)9-7(11)5-13-6-8(9)14-4/h5-6,12H,1-4H3. The molecular weight excluding hydrogens is 244 g/mol. The largest absolute Gasteiger partial charge is 0.495 e. The second-order valence-electron chi connectivity index (χ2n) is 3.57. The maximum atomic E-state index is 5.28. The molecule has 4 heteroatoms. The van der Waals surface area contributed by atoms with Crippen LogP contribution >= 0.6 is 15.9 Å². The van der Waals surface area contributed by atoms with Crippen LogP contribution < -0.4 is 10.1 Å². The second-order valence-corrected chi connectivity index (χ2v) is 4.43. The molecule has 0 amide bonds. The molecule has 14 heavy (non-hydrogen) atoms. The normalized spacial score (nSPS) is 11.5. The summed E-state index contributed by atoms with van der Waals surface area (Å²) in [6, 6.07) is 0. The number of nitrogens with one attached hydrogen (secondary N) is 1. The zero-order chi connectivity index (χ0) is 10.8. The van der Waals surface area contributed by atoms with Crippen molar-refractivity contribution in [2.75, 3.05) is 14.2 Å². The SMILES string of the molecule is CNC(C)(C)c1c(Br)cncc1OC. The first-order valence-corrected chi connectivity index (χ1v) is 5.19. The van der Waals surface area contributed by atoms with E-state index in [1.54, 1.807) is 19.5 Å². The molecule has 78 valence electrons. The number of hydrogen-bond acceptors (Lipinski definition) is 3. The monoisotopic (exact) mass is 258 g/mol. The molecule has 0 bridgehead atoms. The first kappa shape index (κ1) is 11.5. The lowest BCUT2D eigenvalue weighted by molar-refractivity contribution is 0.372. The van der Waals surface area contributed by atoms with Crippen molar-refractivity contribution >= 4 is 15.9 Å². The molecule has 1 rings (SSSR count). The van der Waals surface area contributed by atoms with Crippen LogP contribution in [0, 0.1) is 0 Å². The highest BCUT2D eigenvalue weighted by atomic mass is 79.9. The fourth-order valence-corrected chi connectivity index (χ4v) is 2.11. The van der Waals surface area contributed by atoms with Crippen molar-refractivity contribution in [1.82, 2.24) is 10.3 Å². The molecule has 0 atom stereocenters. The van der Waals surface area contributed by atoms with Crippen LogP contribution in [-0.2, 0) is 5.54 Å². The van der Waals surface area contributed by atoms with Crippen LogP contribution in [0.5, 0.6) is 5.75 Å². The van der Waals surface area contributed by atoms with E-state index in [9.17, 15) is 0 Å². The van der Waals surface area contributed by atoms with Crippen LogP contribution in [0.15, 0.2) is 16.9 Å². The molecule has 0 spiro atoms. The zero-order valence-electron chi connectivity index (χ0n) is 8.89. The van der Waals surface area contributed by atoms with E-state index in [1.165, 1.54) is 0 Å². The number of ether oxygens (including phenoxy) is 1. The minimum atomic E-state index is -0.146. The van der Waals surface area contributed by atoms with Crippen molar-refractivity contribution in [3.63, 3.8) is 0 Å². The molecule has 0 aliphatic carbocycles. The van der Waals surface area contributed by atoms with Crippen LogP contribution in [0.4, 0.5) is 0 Å². The second kappa shape index (κ2) is 4.28. The summed E-state index contributed by atoms with van der Waals surface area (Å²) in [6.45, 7) is 4.19. The lowest BCUT2D eigenvalue weighted by Crippen LogP contribution is -2.34. The summed E-state index contributed by atoms with van der Waals surface area (Å²) in [5.74, 6) is 0.790. The van der Waals surface area contributed by atoms with Gasteiger partial charge >= 0.3 is 0 Å². The van der Waals surface area contributed by atoms with Gasteiger partial charge in [0, 0.05) is 21.8 Å². The molecule has 0 unspecified atom stereocenters. The van der Waals surface area contributed by atoms with E-state index in [0.717, 1.165) is 15.8 Å². The van der Waals surface area contributed by atoms with E-state index in [-0.39, 0.29) is 5.54 Å². The first-order chi connectivity index (χ1) is 6.53. The molecule has 0 aromatic carbocycles. The van der Waals surface area contributed by atoms with Gasteiger partial charge in [-0.15, -0.1) is 0 Å². The number of pyridine rings is 1.